The van der Waals surface area contributed by atoms with Crippen LogP contribution in [-0.4, -0.2) is 191 Å². The quantitative estimate of drug-likeness (QED) is 0.0232. The highest BCUT2D eigenvalue weighted by Gasteiger charge is 2.44. The predicted molar refractivity (Wildman–Crippen MR) is 614 cm³/mol. The van der Waals surface area contributed by atoms with E-state index >= 15 is 0 Å². The Morgan fingerprint density at radius 1 is 0.136 bits per heavy atom. The number of rotatable bonds is 72. The largest absolute Gasteiger partial charge is 0.490 e. The molecule has 0 aliphatic carbocycles. The fourth-order valence-electron chi connectivity index (χ4n) is 19.7. The number of hydrogen-bond acceptors (Lipinski definition) is 18. The van der Waals surface area contributed by atoms with Gasteiger partial charge in [0, 0.05) is 0 Å². The van der Waals surface area contributed by atoms with Crippen molar-refractivity contribution in [1.82, 2.24) is 0 Å². The van der Waals surface area contributed by atoms with Gasteiger partial charge in [0.1, 0.15) is 0 Å². The number of hydrogen-bond donors (Lipinski definition) is 0. The van der Waals surface area contributed by atoms with E-state index in [4.69, 9.17) is 77.8 Å². The first-order valence-electron chi connectivity index (χ1n) is 51.7. The Bertz CT molecular complexity index is 3360. The van der Waals surface area contributed by atoms with Crippen LogP contribution >= 0.6 is 0 Å². The Morgan fingerprint density at radius 3 is 0.348 bits per heavy atom. The summed E-state index contributed by atoms with van der Waals surface area (Å²) in [5, 5.41) is 6.37. The summed E-state index contributed by atoms with van der Waals surface area (Å²) in [6.45, 7) is 99.7. The minimum Gasteiger partial charge on any atom is -0.490 e. The SMILES string of the molecule is C[Si](C)(C)O[Si](C)(C)O[Si](C)(C)CCCCCCOc1cc2c3cc(OCCCCCC[Si](C)(C)O[Si](C)(C)O[Si](C)(C)C)c(OCCCCCC[Si](C)(C)O[Si](C)(C)O[Si](C)(C)C)cc3c3cc(OCCCCCC[Si](C)(C)O[Si](C)(C)O[Si](C)(C)C)c(OCCCCCC[Si](C)(C)O[Si](C)(C)O[Si](C)(C)C)cc3c2cc1OCCCCCC[Si](C)(C)O[Si](C)(C)O[Si](C)(C)C. The van der Waals surface area contributed by atoms with E-state index in [0.717, 1.165) is 257 Å². The third kappa shape index (κ3) is 55.1. The lowest BCUT2D eigenvalue weighted by Crippen LogP contribution is -2.51. The van der Waals surface area contributed by atoms with Crippen LogP contribution < -0.4 is 28.4 Å². The van der Waals surface area contributed by atoms with Gasteiger partial charge in [0.2, 0.25) is 0 Å². The van der Waals surface area contributed by atoms with Crippen LogP contribution in [-0.2, 0) is 49.4 Å². The molecule has 0 unspecified atom stereocenters. The van der Waals surface area contributed by atoms with Crippen LogP contribution in [0.4, 0.5) is 0 Å². The summed E-state index contributed by atoms with van der Waals surface area (Å²) in [6, 6.07) is 20.4. The van der Waals surface area contributed by atoms with Crippen molar-refractivity contribution in [2.24, 2.45) is 0 Å². The van der Waals surface area contributed by atoms with Crippen molar-refractivity contribution in [1.29, 1.82) is 0 Å². The van der Waals surface area contributed by atoms with Gasteiger partial charge in [0.25, 0.3) is 0 Å². The second-order valence-corrected chi connectivity index (χ2v) is 127. The van der Waals surface area contributed by atoms with E-state index in [-0.39, 0.29) is 0 Å². The molecule has 0 saturated carbocycles. The summed E-state index contributed by atoms with van der Waals surface area (Å²) in [7, 11) is -35.8. The van der Waals surface area contributed by atoms with E-state index in [1.807, 2.05) is 0 Å². The highest BCUT2D eigenvalue weighted by Crippen LogP contribution is 2.48. The molecule has 0 atom stereocenters. The molecule has 0 fully saturated rings. The maximum atomic E-state index is 7.18. The lowest BCUT2D eigenvalue weighted by molar-refractivity contribution is 0.259. The van der Waals surface area contributed by atoms with E-state index < -0.39 is 151 Å². The highest BCUT2D eigenvalue weighted by molar-refractivity contribution is 6.92. The fraction of sp³-hybridized carbons (Fsp3) is 0.812. The van der Waals surface area contributed by atoms with Gasteiger partial charge in [0.05, 0.1) is 39.6 Å². The van der Waals surface area contributed by atoms with E-state index in [1.165, 1.54) is 0 Å². The average Bonchev–Trinajstić information content (AvgIpc) is 0.723. The third-order valence-electron chi connectivity index (χ3n) is 22.2. The van der Waals surface area contributed by atoms with Crippen molar-refractivity contribution >= 4 is 183 Å². The van der Waals surface area contributed by atoms with Crippen molar-refractivity contribution in [3.05, 3.63) is 36.4 Å². The van der Waals surface area contributed by atoms with Crippen LogP contribution in [0.3, 0.4) is 0 Å². The molecule has 0 bridgehead atoms. The third-order valence-corrected chi connectivity index (χ3v) is 83.1. The van der Waals surface area contributed by atoms with Gasteiger partial charge in [-0.1, -0.05) is 116 Å². The van der Waals surface area contributed by atoms with Crippen molar-refractivity contribution in [2.75, 3.05) is 39.6 Å². The first kappa shape index (κ1) is 124. The zero-order valence-corrected chi connectivity index (χ0v) is 111. The van der Waals surface area contributed by atoms with Gasteiger partial charge in [-0.2, -0.15) is 0 Å². The van der Waals surface area contributed by atoms with Crippen LogP contribution in [0, 0.1) is 0 Å². The Morgan fingerprint density at radius 2 is 0.242 bits per heavy atom. The highest BCUT2D eigenvalue weighted by atomic mass is 28.5. The minimum absolute atomic E-state index is 0.563. The zero-order chi connectivity index (χ0) is 100. The van der Waals surface area contributed by atoms with Crippen LogP contribution in [0.15, 0.2) is 36.4 Å². The Balaban J connectivity index is 1.97. The number of fused-ring (bicyclic) bond motifs is 6. The molecule has 0 heterocycles. The molecule has 768 valence electrons. The standard InChI is InChI=1S/C96H204O18Si18/c1-115(2,3)103-127(31,32)109-121(19,20)73-61-49-43-55-67-97-91-79-85-86(80-92(91)98-68-56-44-50-62-74-122(21,22)110-128(33,34)104-116(4,5)6)88-82-94(100-70-58-46-52-64-76-124(25,26)112-130(37,38)106-118(10,11)12)96(102-72-60-48-54-66-78-126(29,30)114-132(41,42)108-120(16,17)18)84-90(88)89-83-95(101-71-59-47-53-65-77-125(27,28)113-131(39,40)107-119(13,14)15)93(81-87(85)89)99-69-57-45-51-63-75-123(23,24)111-129(35,36)105-117(7,8)9/h79-84H,43-78H2,1-42H3. The summed E-state index contributed by atoms with van der Waals surface area (Å²) in [5.41, 5.74) is 0. The molecule has 4 aromatic rings. The molecule has 18 nitrogen and oxygen atoms in total. The van der Waals surface area contributed by atoms with Crippen LogP contribution in [0.2, 0.25) is 311 Å². The summed E-state index contributed by atoms with van der Waals surface area (Å²) in [5.74, 6) is 4.55. The minimum atomic E-state index is -2.25. The molecule has 0 spiro atoms. The van der Waals surface area contributed by atoms with Gasteiger partial charge < -0.3 is 77.8 Å². The molecular formula is C96H204O18Si18. The summed E-state index contributed by atoms with van der Waals surface area (Å²) >= 11 is 0. The van der Waals surface area contributed by atoms with E-state index in [1.54, 1.807) is 0 Å². The number of benzene rings is 4. The molecule has 4 rings (SSSR count). The van der Waals surface area contributed by atoms with E-state index in [2.05, 4.69) is 311 Å². The smallest absolute Gasteiger partial charge is 0.311 e. The molecule has 36 heteroatoms. The molecule has 0 aliphatic rings. The first-order chi connectivity index (χ1) is 60.0. The van der Waals surface area contributed by atoms with Crippen LogP contribution in [0.1, 0.15) is 154 Å². The molecule has 0 N–H and O–H groups in total. The summed E-state index contributed by atoms with van der Waals surface area (Å²) in [4.78, 5) is 0. The Kier molecular flexibility index (Phi) is 50.0. The molecule has 0 aromatic heterocycles. The fourth-order valence-corrected chi connectivity index (χ4v) is 99.3. The Labute approximate surface area is 830 Å². The Hall–Kier alpha value is -0.116. The number of unbranched alkanes of at least 4 members (excludes halogenated alkanes) is 18. The molecular weight excluding hydrogens is 1950 g/mol. The molecule has 4 aromatic carbocycles. The van der Waals surface area contributed by atoms with Gasteiger partial charge in [-0.3, -0.25) is 0 Å². The summed E-state index contributed by atoms with van der Waals surface area (Å²) in [6.07, 6.45) is 25.3. The van der Waals surface area contributed by atoms with Gasteiger partial charge in [-0.25, -0.2) is 0 Å². The molecule has 0 amide bonds. The normalized spacial score (nSPS) is 14.2. The van der Waals surface area contributed by atoms with Crippen molar-refractivity contribution < 1.29 is 77.8 Å². The summed E-state index contributed by atoms with van der Waals surface area (Å²) < 4.78 is 125. The van der Waals surface area contributed by atoms with Crippen molar-refractivity contribution in [2.45, 2.75) is 465 Å². The van der Waals surface area contributed by atoms with E-state index in [9.17, 15) is 0 Å². The van der Waals surface area contributed by atoms with Gasteiger partial charge in [-0.15, -0.1) is 0 Å². The maximum Gasteiger partial charge on any atom is 0.311 e. The second kappa shape index (κ2) is 53.1. The number of ether oxygens (including phenoxy) is 6. The lowest BCUT2D eigenvalue weighted by Gasteiger charge is -2.37. The topological polar surface area (TPSA) is 166 Å². The van der Waals surface area contributed by atoms with Crippen LogP contribution in [0.5, 0.6) is 34.5 Å². The van der Waals surface area contributed by atoms with Crippen LogP contribution in [0.25, 0.3) is 32.3 Å². The first-order valence-corrected chi connectivity index (χ1v) is 108. The molecule has 0 saturated heterocycles. The molecule has 0 radical (unpaired) electrons. The second-order valence-electron chi connectivity index (χ2n) is 50.5. The van der Waals surface area contributed by atoms with Gasteiger partial charge in [-0.05, 0) is 418 Å². The molecule has 0 aliphatic heterocycles. The predicted octanol–water partition coefficient (Wildman–Crippen LogP) is 33.4. The molecule has 132 heavy (non-hydrogen) atoms. The van der Waals surface area contributed by atoms with Crippen molar-refractivity contribution in [3.8, 4) is 34.5 Å². The lowest BCUT2D eigenvalue weighted by atomic mass is 9.93. The van der Waals surface area contributed by atoms with E-state index in [0.29, 0.717) is 39.6 Å². The zero-order valence-electron chi connectivity index (χ0n) is 93.3. The maximum absolute atomic E-state index is 7.18. The van der Waals surface area contributed by atoms with Crippen molar-refractivity contribution in [3.63, 3.8) is 0 Å². The average molecular weight is 2150 g/mol. The monoisotopic (exact) mass is 2150 g/mol. The van der Waals surface area contributed by atoms with Gasteiger partial charge in [0.15, 0.2) is 134 Å². The van der Waals surface area contributed by atoms with Gasteiger partial charge >= 0.3 is 51.4 Å².